The number of halogens is 1. The highest BCUT2D eigenvalue weighted by Gasteiger charge is 2.05. The van der Waals surface area contributed by atoms with Gasteiger partial charge in [-0.2, -0.15) is 0 Å². The third-order valence-corrected chi connectivity index (χ3v) is 5.05. The molecular weight excluding hydrogens is 443 g/mol. The molecule has 25 heavy (non-hydrogen) atoms. The molecule has 3 aromatic rings. The highest BCUT2D eigenvalue weighted by atomic mass is 127. The molecular formula is C19H23IN4S. The van der Waals surface area contributed by atoms with Crippen LogP contribution in [0.25, 0.3) is 10.8 Å². The fourth-order valence-electron chi connectivity index (χ4n) is 2.53. The van der Waals surface area contributed by atoms with Crippen LogP contribution in [0, 0.1) is 13.8 Å². The molecule has 0 fully saturated rings. The number of fused-ring (bicyclic) bond motifs is 1. The number of nitrogens with zero attached hydrogens (tertiary/aromatic N) is 2. The molecule has 0 saturated carbocycles. The number of thiazole rings is 1. The Labute approximate surface area is 169 Å². The van der Waals surface area contributed by atoms with Crippen molar-refractivity contribution in [2.45, 2.75) is 26.9 Å². The maximum atomic E-state index is 4.54. The van der Waals surface area contributed by atoms with Crippen LogP contribution in [0.4, 0.5) is 0 Å². The summed E-state index contributed by atoms with van der Waals surface area (Å²) in [6.07, 6.45) is 0. The minimum Gasteiger partial charge on any atom is -0.352 e. The van der Waals surface area contributed by atoms with E-state index in [2.05, 4.69) is 70.0 Å². The molecule has 4 nitrogen and oxygen atoms in total. The van der Waals surface area contributed by atoms with Crippen LogP contribution in [0.5, 0.6) is 0 Å². The van der Waals surface area contributed by atoms with Gasteiger partial charge in [-0.25, -0.2) is 4.98 Å². The minimum absolute atomic E-state index is 0. The summed E-state index contributed by atoms with van der Waals surface area (Å²) in [5.74, 6) is 0.786. The summed E-state index contributed by atoms with van der Waals surface area (Å²) in [5, 5.41) is 10.3. The molecule has 2 N–H and O–H groups in total. The van der Waals surface area contributed by atoms with Crippen molar-refractivity contribution in [1.82, 2.24) is 15.6 Å². The zero-order chi connectivity index (χ0) is 16.9. The van der Waals surface area contributed by atoms with Gasteiger partial charge in [-0.1, -0.05) is 36.4 Å². The lowest BCUT2D eigenvalue weighted by Gasteiger charge is -2.11. The Balaban J connectivity index is 0.00000225. The second-order valence-corrected chi connectivity index (χ2v) is 7.00. The van der Waals surface area contributed by atoms with Crippen molar-refractivity contribution in [1.29, 1.82) is 0 Å². The van der Waals surface area contributed by atoms with E-state index in [1.54, 1.807) is 18.4 Å². The number of aryl methyl sites for hydroxylation is 2. The van der Waals surface area contributed by atoms with Gasteiger partial charge < -0.3 is 10.6 Å². The van der Waals surface area contributed by atoms with Crippen molar-refractivity contribution in [3.8, 4) is 0 Å². The number of aromatic nitrogens is 1. The predicted octanol–water partition coefficient (Wildman–Crippen LogP) is 4.40. The van der Waals surface area contributed by atoms with Crippen LogP contribution in [0.1, 0.15) is 21.1 Å². The van der Waals surface area contributed by atoms with Gasteiger partial charge in [-0.3, -0.25) is 4.99 Å². The second-order valence-electron chi connectivity index (χ2n) is 5.71. The number of aliphatic imine (C=N–C) groups is 1. The topological polar surface area (TPSA) is 49.3 Å². The summed E-state index contributed by atoms with van der Waals surface area (Å²) < 4.78 is 0. The summed E-state index contributed by atoms with van der Waals surface area (Å²) >= 11 is 1.73. The van der Waals surface area contributed by atoms with Crippen LogP contribution in [-0.4, -0.2) is 18.0 Å². The molecule has 0 aliphatic heterocycles. The number of benzene rings is 2. The average Bonchev–Trinajstić information content (AvgIpc) is 2.93. The van der Waals surface area contributed by atoms with Crippen LogP contribution in [0.3, 0.4) is 0 Å². The van der Waals surface area contributed by atoms with E-state index in [1.165, 1.54) is 21.2 Å². The highest BCUT2D eigenvalue weighted by Crippen LogP contribution is 2.16. The predicted molar refractivity (Wildman–Crippen MR) is 118 cm³/mol. The third-order valence-electron chi connectivity index (χ3n) is 3.98. The zero-order valence-corrected chi connectivity index (χ0v) is 17.8. The first kappa shape index (κ1) is 19.7. The first-order valence-corrected chi connectivity index (χ1v) is 8.82. The fourth-order valence-corrected chi connectivity index (χ4v) is 3.40. The fraction of sp³-hybridized carbons (Fsp3) is 0.263. The number of hydrogen-bond donors (Lipinski definition) is 2. The Kier molecular flexibility index (Phi) is 7.19. The molecule has 132 valence electrons. The molecule has 0 bridgehead atoms. The molecule has 0 aliphatic carbocycles. The summed E-state index contributed by atoms with van der Waals surface area (Å²) in [6, 6.07) is 14.9. The van der Waals surface area contributed by atoms with E-state index in [-0.39, 0.29) is 24.0 Å². The average molecular weight is 466 g/mol. The third kappa shape index (κ3) is 5.15. The van der Waals surface area contributed by atoms with E-state index in [0.717, 1.165) is 23.2 Å². The Morgan fingerprint density at radius 2 is 1.76 bits per heavy atom. The Morgan fingerprint density at radius 3 is 2.44 bits per heavy atom. The molecule has 0 saturated heterocycles. The van der Waals surface area contributed by atoms with Gasteiger partial charge >= 0.3 is 0 Å². The van der Waals surface area contributed by atoms with Gasteiger partial charge in [0.2, 0.25) is 0 Å². The van der Waals surface area contributed by atoms with Crippen molar-refractivity contribution in [2.24, 2.45) is 4.99 Å². The van der Waals surface area contributed by atoms with Gasteiger partial charge in [0, 0.05) is 18.5 Å². The molecule has 1 heterocycles. The Bertz CT molecular complexity index is 853. The van der Waals surface area contributed by atoms with Crippen LogP contribution >= 0.6 is 35.3 Å². The van der Waals surface area contributed by atoms with Crippen molar-refractivity contribution in [3.63, 3.8) is 0 Å². The van der Waals surface area contributed by atoms with Crippen LogP contribution in [-0.2, 0) is 13.1 Å². The lowest BCUT2D eigenvalue weighted by atomic mass is 10.1. The van der Waals surface area contributed by atoms with Crippen LogP contribution in [0.2, 0.25) is 0 Å². The molecule has 1 aromatic heterocycles. The summed E-state index contributed by atoms with van der Waals surface area (Å²) in [7, 11) is 1.79. The van der Waals surface area contributed by atoms with Gasteiger partial charge in [0.25, 0.3) is 0 Å². The minimum atomic E-state index is 0. The molecule has 0 spiro atoms. The van der Waals surface area contributed by atoms with Gasteiger partial charge in [0.15, 0.2) is 5.96 Å². The first-order chi connectivity index (χ1) is 11.7. The number of hydrogen-bond acceptors (Lipinski definition) is 3. The Morgan fingerprint density at radius 1 is 1.04 bits per heavy atom. The Hall–Kier alpha value is -1.67. The lowest BCUT2D eigenvalue weighted by Crippen LogP contribution is -2.36. The molecule has 2 aromatic carbocycles. The highest BCUT2D eigenvalue weighted by molar-refractivity contribution is 14.0. The normalized spacial score (nSPS) is 11.2. The van der Waals surface area contributed by atoms with E-state index < -0.39 is 0 Å². The standard InChI is InChI=1S/C19H22N4S.HI/c1-13-14(2)24-18(23-13)12-22-19(20-3)21-11-15-8-9-16-6-4-5-7-17(16)10-15;/h4-10H,11-12H2,1-3H3,(H2,20,21,22);1H. The van der Waals surface area contributed by atoms with Gasteiger partial charge in [0.1, 0.15) is 5.01 Å². The molecule has 0 atom stereocenters. The summed E-state index contributed by atoms with van der Waals surface area (Å²) in [6.45, 7) is 5.57. The maximum Gasteiger partial charge on any atom is 0.191 e. The van der Waals surface area contributed by atoms with Gasteiger partial charge in [-0.05, 0) is 36.2 Å². The van der Waals surface area contributed by atoms with Crippen molar-refractivity contribution >= 4 is 52.0 Å². The quantitative estimate of drug-likeness (QED) is 0.341. The second kappa shape index (κ2) is 9.15. The molecule has 6 heteroatoms. The number of nitrogens with one attached hydrogen (secondary N) is 2. The van der Waals surface area contributed by atoms with Crippen LogP contribution < -0.4 is 10.6 Å². The SMILES string of the molecule is CN=C(NCc1ccc2ccccc2c1)NCc1nc(C)c(C)s1.I. The summed E-state index contributed by atoms with van der Waals surface area (Å²) in [5.41, 5.74) is 2.34. The monoisotopic (exact) mass is 466 g/mol. The molecule has 3 rings (SSSR count). The van der Waals surface area contributed by atoms with E-state index in [4.69, 9.17) is 0 Å². The maximum absolute atomic E-state index is 4.54. The molecule has 0 radical (unpaired) electrons. The molecule has 0 amide bonds. The zero-order valence-electron chi connectivity index (χ0n) is 14.7. The first-order valence-electron chi connectivity index (χ1n) is 8.01. The molecule has 0 unspecified atom stereocenters. The number of rotatable bonds is 4. The lowest BCUT2D eigenvalue weighted by molar-refractivity contribution is 0.804. The summed E-state index contributed by atoms with van der Waals surface area (Å²) in [4.78, 5) is 10.1. The van der Waals surface area contributed by atoms with Crippen LogP contribution in [0.15, 0.2) is 47.5 Å². The van der Waals surface area contributed by atoms with Gasteiger partial charge in [-0.15, -0.1) is 35.3 Å². The smallest absolute Gasteiger partial charge is 0.191 e. The van der Waals surface area contributed by atoms with E-state index in [1.807, 2.05) is 6.92 Å². The van der Waals surface area contributed by atoms with E-state index >= 15 is 0 Å². The number of guanidine groups is 1. The molecule has 0 aliphatic rings. The van der Waals surface area contributed by atoms with E-state index in [9.17, 15) is 0 Å². The largest absolute Gasteiger partial charge is 0.352 e. The van der Waals surface area contributed by atoms with Crippen molar-refractivity contribution < 1.29 is 0 Å². The van der Waals surface area contributed by atoms with Crippen molar-refractivity contribution in [3.05, 3.63) is 63.6 Å². The van der Waals surface area contributed by atoms with E-state index in [0.29, 0.717) is 6.54 Å². The van der Waals surface area contributed by atoms with Crippen molar-refractivity contribution in [2.75, 3.05) is 7.05 Å². The van der Waals surface area contributed by atoms with Gasteiger partial charge in [0.05, 0.1) is 12.2 Å².